The summed E-state index contributed by atoms with van der Waals surface area (Å²) < 4.78 is 42.8. The molecule has 0 aliphatic rings. The van der Waals surface area contributed by atoms with Crippen molar-refractivity contribution in [2.24, 2.45) is 0 Å². The van der Waals surface area contributed by atoms with Gasteiger partial charge in [-0.25, -0.2) is 0 Å². The molecule has 1 aromatic carbocycles. The number of amides is 1. The van der Waals surface area contributed by atoms with Crippen LogP contribution in [0.4, 0.5) is 13.2 Å². The van der Waals surface area contributed by atoms with E-state index in [2.05, 4.69) is 5.32 Å². The third-order valence-corrected chi connectivity index (χ3v) is 4.01. The number of hydrogen-bond acceptors (Lipinski definition) is 5. The van der Waals surface area contributed by atoms with Crippen molar-refractivity contribution in [3.8, 4) is 0 Å². The number of Topliss-reactive ketones (excluding diaryl/α,β-unsaturated/α-hetero) is 1. The second kappa shape index (κ2) is 7.69. The van der Waals surface area contributed by atoms with Gasteiger partial charge in [-0.05, 0) is 25.3 Å². The number of hydrogen-bond donors (Lipinski definition) is 1. The second-order valence-electron chi connectivity index (χ2n) is 4.68. The van der Waals surface area contributed by atoms with Crippen LogP contribution in [0.25, 0.3) is 0 Å². The molecule has 24 heavy (non-hydrogen) atoms. The lowest BCUT2D eigenvalue weighted by atomic mass is 10.0. The van der Waals surface area contributed by atoms with Gasteiger partial charge in [0.2, 0.25) is 5.78 Å². The van der Waals surface area contributed by atoms with E-state index in [0.717, 1.165) is 31.2 Å². The van der Waals surface area contributed by atoms with E-state index in [9.17, 15) is 27.6 Å². The van der Waals surface area contributed by atoms with E-state index in [0.29, 0.717) is 11.8 Å². The number of likely N-dealkylation sites (N-methyl/N-ethyl adjacent to an activating group) is 1. The van der Waals surface area contributed by atoms with E-state index in [-0.39, 0.29) is 12.1 Å². The van der Waals surface area contributed by atoms with Gasteiger partial charge in [0.25, 0.3) is 10.8 Å². The highest BCUT2D eigenvalue weighted by atomic mass is 32.2. The molecule has 1 amide bonds. The maximum atomic E-state index is 12.7. The van der Waals surface area contributed by atoms with Crippen LogP contribution in [0.5, 0.6) is 0 Å². The first-order chi connectivity index (χ1) is 11.1. The molecule has 5 nitrogen and oxygen atoms in total. The SMILES string of the molecule is CCNC(=O)[C@@](OC(C)=O)(SC)C(=O)c1ccc(C(F)(F)F)cc1. The minimum atomic E-state index is -4.55. The summed E-state index contributed by atoms with van der Waals surface area (Å²) in [4.78, 5) is 34.1. The molecule has 0 spiro atoms. The number of carbonyl (C=O) groups excluding carboxylic acids is 3. The minimum Gasteiger partial charge on any atom is -0.430 e. The van der Waals surface area contributed by atoms with Gasteiger partial charge in [-0.15, -0.1) is 0 Å². The summed E-state index contributed by atoms with van der Waals surface area (Å²) in [6.45, 7) is 2.83. The van der Waals surface area contributed by atoms with Crippen LogP contribution in [-0.4, -0.2) is 35.4 Å². The average molecular weight is 363 g/mol. The lowest BCUT2D eigenvalue weighted by Gasteiger charge is -2.28. The summed E-state index contributed by atoms with van der Waals surface area (Å²) in [7, 11) is 0. The van der Waals surface area contributed by atoms with Crippen molar-refractivity contribution in [3.05, 3.63) is 35.4 Å². The molecular formula is C15H16F3NO4S. The predicted octanol–water partition coefficient (Wildman–Crippen LogP) is 2.65. The maximum Gasteiger partial charge on any atom is 0.416 e. The summed E-state index contributed by atoms with van der Waals surface area (Å²) in [5.41, 5.74) is -1.11. The molecule has 0 aliphatic carbocycles. The van der Waals surface area contributed by atoms with Gasteiger partial charge in [0.15, 0.2) is 0 Å². The average Bonchev–Trinajstić information content (AvgIpc) is 2.51. The zero-order valence-corrected chi connectivity index (χ0v) is 14.0. The fraction of sp³-hybridized carbons (Fsp3) is 0.400. The molecule has 0 fully saturated rings. The minimum absolute atomic E-state index is 0.176. The highest BCUT2D eigenvalue weighted by molar-refractivity contribution is 8.01. The van der Waals surface area contributed by atoms with Crippen LogP contribution in [0, 0.1) is 0 Å². The molecule has 0 radical (unpaired) electrons. The summed E-state index contributed by atoms with van der Waals surface area (Å²) in [5, 5.41) is 2.39. The van der Waals surface area contributed by atoms with Crippen LogP contribution in [0.2, 0.25) is 0 Å². The number of ketones is 1. The molecule has 0 bridgehead atoms. The Hall–Kier alpha value is -2.03. The van der Waals surface area contributed by atoms with Crippen LogP contribution < -0.4 is 5.32 Å². The molecule has 0 heterocycles. The van der Waals surface area contributed by atoms with E-state index in [1.165, 1.54) is 6.26 Å². The fourth-order valence-electron chi connectivity index (χ4n) is 1.90. The van der Waals surface area contributed by atoms with Gasteiger partial charge in [0, 0.05) is 19.0 Å². The molecule has 1 N–H and O–H groups in total. The maximum absolute atomic E-state index is 12.7. The molecule has 9 heteroatoms. The number of carbonyl (C=O) groups is 3. The summed E-state index contributed by atoms with van der Waals surface area (Å²) in [5.74, 6) is -2.63. The number of esters is 1. The second-order valence-corrected chi connectivity index (χ2v) is 5.66. The number of halogens is 3. The summed E-state index contributed by atoms with van der Waals surface area (Å²) in [6, 6.07) is 3.34. The molecule has 1 aromatic rings. The van der Waals surface area contributed by atoms with Crippen LogP contribution in [0.3, 0.4) is 0 Å². The Balaban J connectivity index is 3.29. The van der Waals surface area contributed by atoms with Crippen molar-refractivity contribution in [1.82, 2.24) is 5.32 Å². The van der Waals surface area contributed by atoms with Gasteiger partial charge in [-0.1, -0.05) is 23.9 Å². The Morgan fingerprint density at radius 1 is 1.17 bits per heavy atom. The first kappa shape index (κ1) is 20.0. The zero-order valence-electron chi connectivity index (χ0n) is 13.2. The monoisotopic (exact) mass is 363 g/mol. The topological polar surface area (TPSA) is 72.5 Å². The van der Waals surface area contributed by atoms with Gasteiger partial charge < -0.3 is 10.1 Å². The molecule has 0 saturated carbocycles. The quantitative estimate of drug-likeness (QED) is 0.364. The van der Waals surface area contributed by atoms with Crippen molar-refractivity contribution >= 4 is 29.4 Å². The number of rotatable bonds is 6. The fourth-order valence-corrected chi connectivity index (χ4v) is 2.66. The predicted molar refractivity (Wildman–Crippen MR) is 82.5 cm³/mol. The third-order valence-electron chi connectivity index (χ3n) is 2.98. The third kappa shape index (κ3) is 4.28. The van der Waals surface area contributed by atoms with Crippen molar-refractivity contribution in [2.45, 2.75) is 25.0 Å². The number of benzene rings is 1. The van der Waals surface area contributed by atoms with Crippen LogP contribution >= 0.6 is 11.8 Å². The smallest absolute Gasteiger partial charge is 0.416 e. The van der Waals surface area contributed by atoms with Gasteiger partial charge in [0.05, 0.1) is 5.56 Å². The Morgan fingerprint density at radius 3 is 2.08 bits per heavy atom. The first-order valence-electron chi connectivity index (χ1n) is 6.83. The molecular weight excluding hydrogens is 347 g/mol. The molecule has 0 unspecified atom stereocenters. The molecule has 1 atom stereocenters. The number of thioether (sulfide) groups is 1. The van der Waals surface area contributed by atoms with E-state index < -0.39 is 34.3 Å². The van der Waals surface area contributed by atoms with E-state index in [1.54, 1.807) is 6.92 Å². The highest BCUT2D eigenvalue weighted by Gasteiger charge is 2.49. The first-order valence-corrected chi connectivity index (χ1v) is 8.06. The van der Waals surface area contributed by atoms with Gasteiger partial charge in [0.1, 0.15) is 0 Å². The number of nitrogens with one attached hydrogen (secondary N) is 1. The van der Waals surface area contributed by atoms with Crippen molar-refractivity contribution in [1.29, 1.82) is 0 Å². The number of ether oxygens (including phenoxy) is 1. The van der Waals surface area contributed by atoms with Crippen molar-refractivity contribution < 1.29 is 32.3 Å². The molecule has 1 rings (SSSR count). The van der Waals surface area contributed by atoms with Crippen LogP contribution in [-0.2, 0) is 20.5 Å². The lowest BCUT2D eigenvalue weighted by Crippen LogP contribution is -2.53. The van der Waals surface area contributed by atoms with Gasteiger partial charge >= 0.3 is 12.1 Å². The van der Waals surface area contributed by atoms with Gasteiger partial charge in [-0.2, -0.15) is 13.2 Å². The summed E-state index contributed by atoms with van der Waals surface area (Å²) in [6.07, 6.45) is -3.16. The summed E-state index contributed by atoms with van der Waals surface area (Å²) >= 11 is 0.680. The van der Waals surface area contributed by atoms with E-state index >= 15 is 0 Å². The van der Waals surface area contributed by atoms with Crippen LogP contribution in [0.15, 0.2) is 24.3 Å². The molecule has 0 saturated heterocycles. The van der Waals surface area contributed by atoms with E-state index in [1.807, 2.05) is 0 Å². The molecule has 0 aliphatic heterocycles. The van der Waals surface area contributed by atoms with Crippen molar-refractivity contribution in [3.63, 3.8) is 0 Å². The zero-order chi connectivity index (χ0) is 18.5. The van der Waals surface area contributed by atoms with Crippen LogP contribution in [0.1, 0.15) is 29.8 Å². The van der Waals surface area contributed by atoms with Crippen molar-refractivity contribution in [2.75, 3.05) is 12.8 Å². The van der Waals surface area contributed by atoms with Gasteiger partial charge in [-0.3, -0.25) is 14.4 Å². The largest absolute Gasteiger partial charge is 0.430 e. The lowest BCUT2D eigenvalue weighted by molar-refractivity contribution is -0.153. The normalized spacial score (nSPS) is 13.8. The van der Waals surface area contributed by atoms with E-state index in [4.69, 9.17) is 4.74 Å². The standard InChI is InChI=1S/C15H16F3NO4S/c1-4-19-13(22)14(24-3,23-9(2)20)12(21)10-5-7-11(8-6-10)15(16,17)18/h5-8H,4H2,1-3H3,(H,19,22)/t14-/m0/s1. The molecule has 0 aromatic heterocycles. The highest BCUT2D eigenvalue weighted by Crippen LogP contribution is 2.32. The Bertz CT molecular complexity index is 631. The molecule has 132 valence electrons. The Morgan fingerprint density at radius 2 is 1.71 bits per heavy atom. The Kier molecular flexibility index (Phi) is 6.42. The number of alkyl halides is 3. The Labute approximate surface area is 140 Å².